The number of benzene rings is 1. The van der Waals surface area contributed by atoms with Crippen LogP contribution in [0.15, 0.2) is 53.0 Å². The number of hydrogen-bond donors (Lipinski definition) is 2. The topological polar surface area (TPSA) is 105 Å². The van der Waals surface area contributed by atoms with Crippen LogP contribution in [0.4, 0.5) is 0 Å². The molecule has 0 amide bonds. The summed E-state index contributed by atoms with van der Waals surface area (Å²) in [7, 11) is 2.20. The van der Waals surface area contributed by atoms with E-state index in [0.717, 1.165) is 55.5 Å². The van der Waals surface area contributed by atoms with Crippen LogP contribution in [0.1, 0.15) is 40.8 Å². The smallest absolute Gasteiger partial charge is 0.414 e. The number of carbonyl (C=O) groups is 2. The summed E-state index contributed by atoms with van der Waals surface area (Å²) in [5, 5.41) is 18.0. The van der Waals surface area contributed by atoms with E-state index in [9.17, 15) is 0 Å². The van der Waals surface area contributed by atoms with Crippen molar-refractivity contribution in [2.45, 2.75) is 48.8 Å². The fraction of sp³-hybridized carbons (Fsp3) is 0.400. The van der Waals surface area contributed by atoms with Crippen molar-refractivity contribution in [2.75, 3.05) is 20.1 Å². The van der Waals surface area contributed by atoms with Crippen LogP contribution in [0.3, 0.4) is 0 Å². The summed E-state index contributed by atoms with van der Waals surface area (Å²) >= 11 is 3.64. The van der Waals surface area contributed by atoms with Gasteiger partial charge in [-0.1, -0.05) is 42.1 Å². The van der Waals surface area contributed by atoms with Gasteiger partial charge < -0.3 is 24.4 Å². The minimum atomic E-state index is -1.82. The monoisotopic (exact) mass is 515 g/mol. The highest BCUT2D eigenvalue weighted by molar-refractivity contribution is 7.98. The lowest BCUT2D eigenvalue weighted by atomic mass is 10.00. The molecule has 3 aromatic rings. The Morgan fingerprint density at radius 1 is 1.11 bits per heavy atom. The third-order valence-corrected chi connectivity index (χ3v) is 8.11. The molecule has 8 nitrogen and oxygen atoms in total. The Balaban J connectivity index is 0.000000431. The third kappa shape index (κ3) is 6.72. The lowest BCUT2D eigenvalue weighted by Gasteiger charge is -2.32. The van der Waals surface area contributed by atoms with Gasteiger partial charge in [0.25, 0.3) is 0 Å². The number of ether oxygens (including phenoxy) is 1. The Morgan fingerprint density at radius 3 is 2.54 bits per heavy atom. The van der Waals surface area contributed by atoms with Gasteiger partial charge in [0.05, 0.1) is 6.10 Å². The highest BCUT2D eigenvalue weighted by atomic mass is 32.2. The van der Waals surface area contributed by atoms with Crippen molar-refractivity contribution >= 4 is 35.0 Å². The van der Waals surface area contributed by atoms with E-state index in [1.165, 1.54) is 16.0 Å². The number of rotatable bonds is 5. The summed E-state index contributed by atoms with van der Waals surface area (Å²) in [6.45, 7) is 3.18. The minimum Gasteiger partial charge on any atom is -0.473 e. The second-order valence-electron chi connectivity index (χ2n) is 8.58. The van der Waals surface area contributed by atoms with E-state index < -0.39 is 11.9 Å². The minimum absolute atomic E-state index is 0.0711. The van der Waals surface area contributed by atoms with Gasteiger partial charge in [0, 0.05) is 36.5 Å². The third-order valence-electron chi connectivity index (χ3n) is 6.10. The molecule has 2 N–H and O–H groups in total. The van der Waals surface area contributed by atoms with E-state index in [2.05, 4.69) is 64.5 Å². The highest BCUT2D eigenvalue weighted by Crippen LogP contribution is 2.36. The van der Waals surface area contributed by atoms with E-state index in [0.29, 0.717) is 6.10 Å². The number of imidazole rings is 1. The number of thiophene rings is 1. The number of fused-ring (bicyclic) bond motifs is 2. The zero-order chi connectivity index (χ0) is 24.8. The first-order chi connectivity index (χ1) is 16.9. The number of aryl methyl sites for hydroxylation is 2. The number of likely N-dealkylation sites (tertiary alicyclic amines) is 1. The van der Waals surface area contributed by atoms with Crippen molar-refractivity contribution in [3.8, 4) is 0 Å². The van der Waals surface area contributed by atoms with Crippen LogP contribution < -0.4 is 0 Å². The van der Waals surface area contributed by atoms with E-state index in [4.69, 9.17) is 29.5 Å². The fourth-order valence-electron chi connectivity index (χ4n) is 4.25. The number of hydrogen-bond acceptors (Lipinski definition) is 7. The van der Waals surface area contributed by atoms with Crippen molar-refractivity contribution in [2.24, 2.45) is 0 Å². The number of carboxylic acids is 2. The number of nitrogens with zero attached hydrogens (tertiary/aromatic N) is 3. The van der Waals surface area contributed by atoms with Crippen LogP contribution in [-0.4, -0.2) is 62.8 Å². The molecule has 1 fully saturated rings. The van der Waals surface area contributed by atoms with E-state index in [1.54, 1.807) is 0 Å². The van der Waals surface area contributed by atoms with Gasteiger partial charge in [0.2, 0.25) is 0 Å². The van der Waals surface area contributed by atoms with Gasteiger partial charge in [-0.25, -0.2) is 14.6 Å². The molecular weight excluding hydrogens is 486 g/mol. The quantitative estimate of drug-likeness (QED) is 0.386. The van der Waals surface area contributed by atoms with Crippen molar-refractivity contribution in [3.63, 3.8) is 0 Å². The first-order valence-corrected chi connectivity index (χ1v) is 13.4. The summed E-state index contributed by atoms with van der Waals surface area (Å²) in [6, 6.07) is 13.1. The molecule has 0 saturated carbocycles. The standard InChI is InChI=1S/C23H27N3OS2.C2H2O4/c1-25-11-9-18(10-12-25)27-22-20-7-3-2-5-17(20)8-13-26-15-21(24-23(22)26)29-16-19-6-4-14-28-19;3-1(4)2(5)6/h2-7,14-15,18,22H,8-13,16H2,1H3;(H,3,4)(H,5,6). The predicted molar refractivity (Wildman–Crippen MR) is 135 cm³/mol. The number of piperidine rings is 1. The van der Waals surface area contributed by atoms with Crippen LogP contribution in [0, 0.1) is 0 Å². The highest BCUT2D eigenvalue weighted by Gasteiger charge is 2.30. The Bertz CT molecular complexity index is 1130. The van der Waals surface area contributed by atoms with Crippen LogP contribution in [0.2, 0.25) is 0 Å². The van der Waals surface area contributed by atoms with Crippen LogP contribution in [0.5, 0.6) is 0 Å². The molecule has 0 radical (unpaired) electrons. The number of carboxylic acid groups (broad SMARTS) is 2. The zero-order valence-corrected chi connectivity index (χ0v) is 21.1. The maximum atomic E-state index is 9.10. The first-order valence-electron chi connectivity index (χ1n) is 11.5. The van der Waals surface area contributed by atoms with Crippen molar-refractivity contribution in [1.29, 1.82) is 0 Å². The Labute approximate surface area is 212 Å². The van der Waals surface area contributed by atoms with Gasteiger partial charge in [-0.2, -0.15) is 0 Å². The number of aromatic nitrogens is 2. The molecule has 0 aliphatic carbocycles. The van der Waals surface area contributed by atoms with Gasteiger partial charge in [-0.3, -0.25) is 0 Å². The summed E-state index contributed by atoms with van der Waals surface area (Å²) in [5.74, 6) is -1.60. The lowest BCUT2D eigenvalue weighted by Crippen LogP contribution is -2.35. The molecule has 35 heavy (non-hydrogen) atoms. The summed E-state index contributed by atoms with van der Waals surface area (Å²) in [6.07, 6.45) is 5.67. The molecule has 0 spiro atoms. The maximum absolute atomic E-state index is 9.10. The molecule has 1 unspecified atom stereocenters. The molecule has 10 heteroatoms. The summed E-state index contributed by atoms with van der Waals surface area (Å²) in [4.78, 5) is 27.0. The molecule has 2 aliphatic heterocycles. The van der Waals surface area contributed by atoms with Crippen molar-refractivity contribution in [1.82, 2.24) is 14.5 Å². The van der Waals surface area contributed by atoms with Gasteiger partial charge in [0.15, 0.2) is 0 Å². The molecule has 2 aromatic heterocycles. The average molecular weight is 516 g/mol. The molecule has 5 rings (SSSR count). The zero-order valence-electron chi connectivity index (χ0n) is 19.5. The van der Waals surface area contributed by atoms with Crippen molar-refractivity contribution < 1.29 is 24.5 Å². The normalized spacial score (nSPS) is 18.0. The lowest BCUT2D eigenvalue weighted by molar-refractivity contribution is -0.159. The van der Waals surface area contributed by atoms with Crippen molar-refractivity contribution in [3.05, 3.63) is 69.8 Å². The maximum Gasteiger partial charge on any atom is 0.414 e. The molecule has 2 aliphatic rings. The molecule has 0 bridgehead atoms. The van der Waals surface area contributed by atoms with E-state index in [1.807, 2.05) is 23.1 Å². The van der Waals surface area contributed by atoms with Crippen LogP contribution >= 0.6 is 23.1 Å². The first kappa shape index (κ1) is 25.4. The van der Waals surface area contributed by atoms with E-state index >= 15 is 0 Å². The average Bonchev–Trinajstić information content (AvgIpc) is 3.49. The second kappa shape index (κ2) is 11.9. The fourth-order valence-corrected chi connectivity index (χ4v) is 5.93. The molecule has 1 aromatic carbocycles. The molecule has 4 heterocycles. The van der Waals surface area contributed by atoms with Gasteiger partial charge in [0.1, 0.15) is 17.0 Å². The largest absolute Gasteiger partial charge is 0.473 e. The Hall–Kier alpha value is -2.66. The van der Waals surface area contributed by atoms with Crippen LogP contribution in [0.25, 0.3) is 0 Å². The van der Waals surface area contributed by atoms with E-state index in [-0.39, 0.29) is 6.10 Å². The van der Waals surface area contributed by atoms with Gasteiger partial charge >= 0.3 is 11.9 Å². The molecular formula is C25H29N3O5S2. The van der Waals surface area contributed by atoms with Crippen LogP contribution in [-0.2, 0) is 33.0 Å². The van der Waals surface area contributed by atoms with Gasteiger partial charge in [-0.15, -0.1) is 11.3 Å². The Kier molecular flexibility index (Phi) is 8.61. The van der Waals surface area contributed by atoms with Gasteiger partial charge in [-0.05, 0) is 48.9 Å². The SMILES string of the molecule is CN1CCC(OC2c3ccccc3CCn3cc(SCc4cccs4)nc32)CC1.O=C(O)C(=O)O. The molecule has 186 valence electrons. The summed E-state index contributed by atoms with van der Waals surface area (Å²) < 4.78 is 9.09. The number of aliphatic carboxylic acids is 2. The molecule has 1 atom stereocenters. The predicted octanol–water partition coefficient (Wildman–Crippen LogP) is 4.15. The second-order valence-corrected chi connectivity index (χ2v) is 10.6. The number of thioether (sulfide) groups is 1. The Morgan fingerprint density at radius 2 is 1.86 bits per heavy atom. The summed E-state index contributed by atoms with van der Waals surface area (Å²) in [5.41, 5.74) is 2.69. The molecule has 1 saturated heterocycles.